The molecular formula is C28H41F3N10O. The normalized spacial score (nSPS) is 18.3. The number of nitrogens with zero attached hydrogens (tertiary/aromatic N) is 8. The summed E-state index contributed by atoms with van der Waals surface area (Å²) in [5, 5.41) is 6.49. The Morgan fingerprint density at radius 2 is 1.55 bits per heavy atom. The van der Waals surface area contributed by atoms with Crippen molar-refractivity contribution in [2.75, 3.05) is 92.5 Å². The number of nitrogens with one attached hydrogen (secondary N) is 2. The monoisotopic (exact) mass is 590 g/mol. The van der Waals surface area contributed by atoms with Gasteiger partial charge < -0.3 is 30.2 Å². The van der Waals surface area contributed by atoms with Gasteiger partial charge in [0.15, 0.2) is 0 Å². The minimum absolute atomic E-state index is 0.0176. The number of piperidine rings is 1. The predicted octanol–water partition coefficient (Wildman–Crippen LogP) is 2.86. The molecule has 2 aromatic rings. The molecule has 3 fully saturated rings. The topological polar surface area (TPSA) is 106 Å². The largest absolute Gasteiger partial charge is 0.433 e. The van der Waals surface area contributed by atoms with E-state index < -0.39 is 11.9 Å². The van der Waals surface area contributed by atoms with E-state index in [1.54, 1.807) is 4.90 Å². The lowest BCUT2D eigenvalue weighted by atomic mass is 9.96. The molecule has 0 unspecified atom stereocenters. The lowest BCUT2D eigenvalue weighted by Gasteiger charge is -2.31. The van der Waals surface area contributed by atoms with Gasteiger partial charge in [-0.15, -0.1) is 0 Å². The van der Waals surface area contributed by atoms with E-state index in [4.69, 9.17) is 9.97 Å². The third-order valence-corrected chi connectivity index (χ3v) is 8.19. The average Bonchev–Trinajstić information content (AvgIpc) is 3.72. The number of anilines is 4. The van der Waals surface area contributed by atoms with Gasteiger partial charge in [-0.05, 0) is 51.6 Å². The Bertz CT molecular complexity index is 1140. The fourth-order valence-corrected chi connectivity index (χ4v) is 5.68. The van der Waals surface area contributed by atoms with Crippen LogP contribution in [0.25, 0.3) is 0 Å². The van der Waals surface area contributed by atoms with Crippen molar-refractivity contribution in [3.8, 4) is 0 Å². The molecular weight excluding hydrogens is 549 g/mol. The summed E-state index contributed by atoms with van der Waals surface area (Å²) >= 11 is 0. The van der Waals surface area contributed by atoms with Gasteiger partial charge in [0.25, 0.3) is 0 Å². The van der Waals surface area contributed by atoms with Gasteiger partial charge in [-0.25, -0.2) is 9.97 Å². The summed E-state index contributed by atoms with van der Waals surface area (Å²) in [6.45, 7) is 7.68. The number of likely N-dealkylation sites (N-methyl/N-ethyl adjacent to an activating group) is 1. The van der Waals surface area contributed by atoms with Crippen LogP contribution >= 0.6 is 0 Å². The number of hydrogen-bond acceptors (Lipinski definition) is 10. The Morgan fingerprint density at radius 1 is 0.905 bits per heavy atom. The second kappa shape index (κ2) is 13.7. The molecule has 1 amide bonds. The van der Waals surface area contributed by atoms with Crippen molar-refractivity contribution in [3.63, 3.8) is 0 Å². The maximum absolute atomic E-state index is 13.0. The summed E-state index contributed by atoms with van der Waals surface area (Å²) in [7, 11) is 2.02. The number of carbonyl (C=O) groups is 1. The average molecular weight is 591 g/mol. The van der Waals surface area contributed by atoms with Crippen LogP contribution in [0.4, 0.5) is 36.7 Å². The van der Waals surface area contributed by atoms with E-state index >= 15 is 0 Å². The summed E-state index contributed by atoms with van der Waals surface area (Å²) in [6, 6.07) is 2.92. The molecule has 230 valence electrons. The van der Waals surface area contributed by atoms with Gasteiger partial charge in [-0.1, -0.05) is 0 Å². The minimum atomic E-state index is -4.51. The number of amides is 1. The fraction of sp³-hybridized carbons (Fsp3) is 0.679. The molecule has 0 radical (unpaired) electrons. The van der Waals surface area contributed by atoms with E-state index in [1.807, 2.05) is 7.05 Å². The first-order valence-corrected chi connectivity index (χ1v) is 15.0. The highest BCUT2D eigenvalue weighted by Gasteiger charge is 2.34. The Labute approximate surface area is 244 Å². The standard InChI is InChI=1S/C28H41F3N10O/c1-38(18-10-32-23-20-24(39-12-2-3-13-39)37-27(36-23)40-14-4-5-15-40)19-11-33-25(42)21-7-16-41(17-8-21)26-34-9-6-22(35-26)28(29,30)31/h6,9,20-21H,2-5,7-8,10-19H2,1H3,(H,33,42)(H,32,36,37). The molecule has 3 aliphatic heterocycles. The molecule has 0 atom stereocenters. The SMILES string of the molecule is CN(CCNC(=O)C1CCN(c2nccc(C(F)(F)F)n2)CC1)CCNc1cc(N2CCCC2)nc(N2CCCC2)n1. The first kappa shape index (κ1) is 30.1. The maximum atomic E-state index is 13.0. The van der Waals surface area contributed by atoms with E-state index in [0.717, 1.165) is 69.1 Å². The molecule has 2 aromatic heterocycles. The summed E-state index contributed by atoms with van der Waals surface area (Å²) in [6.07, 6.45) is 2.45. The second-order valence-corrected chi connectivity index (χ2v) is 11.3. The molecule has 5 rings (SSSR count). The molecule has 0 bridgehead atoms. The Kier molecular flexibility index (Phi) is 9.80. The predicted molar refractivity (Wildman–Crippen MR) is 156 cm³/mol. The molecule has 5 heterocycles. The van der Waals surface area contributed by atoms with E-state index in [9.17, 15) is 18.0 Å². The zero-order chi connectivity index (χ0) is 29.5. The molecule has 3 aliphatic rings. The van der Waals surface area contributed by atoms with Crippen molar-refractivity contribution < 1.29 is 18.0 Å². The van der Waals surface area contributed by atoms with Crippen LogP contribution < -0.4 is 25.3 Å². The van der Waals surface area contributed by atoms with Gasteiger partial charge in [0, 0.05) is 83.6 Å². The smallest absolute Gasteiger partial charge is 0.369 e. The second-order valence-electron chi connectivity index (χ2n) is 11.3. The van der Waals surface area contributed by atoms with Crippen molar-refractivity contribution in [1.82, 2.24) is 30.2 Å². The molecule has 14 heteroatoms. The molecule has 0 saturated carbocycles. The van der Waals surface area contributed by atoms with Crippen molar-refractivity contribution >= 4 is 29.4 Å². The van der Waals surface area contributed by atoms with Crippen LogP contribution in [0.5, 0.6) is 0 Å². The number of aromatic nitrogens is 4. The number of halogens is 3. The quantitative estimate of drug-likeness (QED) is 0.406. The first-order valence-electron chi connectivity index (χ1n) is 15.0. The third-order valence-electron chi connectivity index (χ3n) is 8.19. The van der Waals surface area contributed by atoms with Crippen molar-refractivity contribution in [2.45, 2.75) is 44.7 Å². The molecule has 0 aliphatic carbocycles. The van der Waals surface area contributed by atoms with Crippen LogP contribution in [0, 0.1) is 5.92 Å². The van der Waals surface area contributed by atoms with Crippen molar-refractivity contribution in [2.24, 2.45) is 5.92 Å². The number of carbonyl (C=O) groups excluding carboxylic acids is 1. The lowest BCUT2D eigenvalue weighted by Crippen LogP contribution is -2.43. The Balaban J connectivity index is 1.02. The van der Waals surface area contributed by atoms with E-state index in [2.05, 4.69) is 41.4 Å². The summed E-state index contributed by atoms with van der Waals surface area (Å²) in [4.78, 5) is 38.5. The Morgan fingerprint density at radius 3 is 2.24 bits per heavy atom. The van der Waals surface area contributed by atoms with E-state index in [1.165, 1.54) is 25.7 Å². The summed E-state index contributed by atoms with van der Waals surface area (Å²) in [5.74, 6) is 2.51. The van der Waals surface area contributed by atoms with E-state index in [-0.39, 0.29) is 17.8 Å². The summed E-state index contributed by atoms with van der Waals surface area (Å²) in [5.41, 5.74) is -0.956. The van der Waals surface area contributed by atoms with Crippen molar-refractivity contribution in [3.05, 3.63) is 24.0 Å². The van der Waals surface area contributed by atoms with Gasteiger partial charge in [0.05, 0.1) is 0 Å². The first-order chi connectivity index (χ1) is 20.3. The lowest BCUT2D eigenvalue weighted by molar-refractivity contribution is -0.141. The van der Waals surface area contributed by atoms with Gasteiger partial charge in [-0.3, -0.25) is 4.79 Å². The van der Waals surface area contributed by atoms with Crippen LogP contribution in [-0.4, -0.2) is 103 Å². The van der Waals surface area contributed by atoms with Gasteiger partial charge in [0.1, 0.15) is 17.3 Å². The van der Waals surface area contributed by atoms with Crippen LogP contribution in [-0.2, 0) is 11.0 Å². The number of hydrogen-bond donors (Lipinski definition) is 2. The molecule has 0 aromatic carbocycles. The van der Waals surface area contributed by atoms with Crippen LogP contribution in [0.3, 0.4) is 0 Å². The minimum Gasteiger partial charge on any atom is -0.369 e. The highest BCUT2D eigenvalue weighted by molar-refractivity contribution is 5.78. The van der Waals surface area contributed by atoms with Crippen LogP contribution in [0.2, 0.25) is 0 Å². The third kappa shape index (κ3) is 7.90. The van der Waals surface area contributed by atoms with Crippen LogP contribution in [0.15, 0.2) is 18.3 Å². The van der Waals surface area contributed by atoms with E-state index in [0.29, 0.717) is 39.0 Å². The summed E-state index contributed by atoms with van der Waals surface area (Å²) < 4.78 is 38.9. The highest BCUT2D eigenvalue weighted by Crippen LogP contribution is 2.29. The molecule has 0 spiro atoms. The number of rotatable bonds is 11. The maximum Gasteiger partial charge on any atom is 0.433 e. The highest BCUT2D eigenvalue weighted by atomic mass is 19.4. The number of alkyl halides is 3. The molecule has 42 heavy (non-hydrogen) atoms. The molecule has 11 nitrogen and oxygen atoms in total. The fourth-order valence-electron chi connectivity index (χ4n) is 5.68. The van der Waals surface area contributed by atoms with Gasteiger partial charge in [0.2, 0.25) is 17.8 Å². The van der Waals surface area contributed by atoms with Crippen LogP contribution in [0.1, 0.15) is 44.2 Å². The van der Waals surface area contributed by atoms with Gasteiger partial charge >= 0.3 is 6.18 Å². The zero-order valence-corrected chi connectivity index (χ0v) is 24.2. The Hall–Kier alpha value is -3.42. The zero-order valence-electron chi connectivity index (χ0n) is 24.2. The van der Waals surface area contributed by atoms with Crippen molar-refractivity contribution in [1.29, 1.82) is 0 Å². The van der Waals surface area contributed by atoms with Gasteiger partial charge in [-0.2, -0.15) is 23.1 Å². The molecule has 3 saturated heterocycles. The molecule has 2 N–H and O–H groups in total.